The van der Waals surface area contributed by atoms with Crippen molar-refractivity contribution in [2.45, 2.75) is 45.2 Å². The van der Waals surface area contributed by atoms with Gasteiger partial charge in [0.15, 0.2) is 9.84 Å². The molecule has 160 valence electrons. The molecule has 0 spiro atoms. The van der Waals surface area contributed by atoms with Crippen LogP contribution in [0.2, 0.25) is 0 Å². The molecule has 1 aliphatic rings. The Balaban J connectivity index is 1.81. The lowest BCUT2D eigenvalue weighted by Crippen LogP contribution is -2.39. The first-order chi connectivity index (χ1) is 14.0. The second-order valence-electron chi connectivity index (χ2n) is 8.82. The Kier molecular flexibility index (Phi) is 6.46. The SMILES string of the molecule is CC(C)(C)c1ccc(C=CC(=O)N(Cc2ccccc2F)C2CCS(=O)(=O)C2)cc1. The monoisotopic (exact) mass is 429 g/mol. The lowest BCUT2D eigenvalue weighted by atomic mass is 9.87. The van der Waals surface area contributed by atoms with Crippen LogP contribution < -0.4 is 0 Å². The number of amides is 1. The fraction of sp³-hybridized carbons (Fsp3) is 0.375. The predicted molar refractivity (Wildman–Crippen MR) is 118 cm³/mol. The van der Waals surface area contributed by atoms with Gasteiger partial charge < -0.3 is 4.90 Å². The molecule has 0 N–H and O–H groups in total. The van der Waals surface area contributed by atoms with Crippen LogP contribution in [0.5, 0.6) is 0 Å². The zero-order valence-electron chi connectivity index (χ0n) is 17.6. The van der Waals surface area contributed by atoms with Gasteiger partial charge in [0.1, 0.15) is 5.82 Å². The van der Waals surface area contributed by atoms with Crippen molar-refractivity contribution in [2.75, 3.05) is 11.5 Å². The van der Waals surface area contributed by atoms with E-state index in [-0.39, 0.29) is 29.4 Å². The van der Waals surface area contributed by atoms with Crippen LogP contribution in [0.1, 0.15) is 43.9 Å². The van der Waals surface area contributed by atoms with Gasteiger partial charge in [-0.15, -0.1) is 0 Å². The van der Waals surface area contributed by atoms with Gasteiger partial charge >= 0.3 is 0 Å². The van der Waals surface area contributed by atoms with Gasteiger partial charge in [0.2, 0.25) is 5.91 Å². The van der Waals surface area contributed by atoms with Crippen molar-refractivity contribution in [3.8, 4) is 0 Å². The number of rotatable bonds is 5. The van der Waals surface area contributed by atoms with Crippen LogP contribution in [-0.4, -0.2) is 36.8 Å². The summed E-state index contributed by atoms with van der Waals surface area (Å²) in [5, 5.41) is 0. The Bertz CT molecular complexity index is 1040. The first kappa shape index (κ1) is 22.2. The van der Waals surface area contributed by atoms with Gasteiger partial charge in [0.05, 0.1) is 11.5 Å². The van der Waals surface area contributed by atoms with Crippen molar-refractivity contribution < 1.29 is 17.6 Å². The molecule has 0 radical (unpaired) electrons. The molecule has 1 atom stereocenters. The van der Waals surface area contributed by atoms with Gasteiger partial charge in [0.25, 0.3) is 0 Å². The van der Waals surface area contributed by atoms with Crippen LogP contribution in [0.25, 0.3) is 6.08 Å². The van der Waals surface area contributed by atoms with Crippen molar-refractivity contribution in [3.05, 3.63) is 77.1 Å². The van der Waals surface area contributed by atoms with Crippen LogP contribution >= 0.6 is 0 Å². The largest absolute Gasteiger partial charge is 0.331 e. The minimum Gasteiger partial charge on any atom is -0.331 e. The van der Waals surface area contributed by atoms with E-state index in [0.717, 1.165) is 5.56 Å². The molecule has 1 amide bonds. The highest BCUT2D eigenvalue weighted by Gasteiger charge is 2.34. The van der Waals surface area contributed by atoms with Crippen molar-refractivity contribution in [1.82, 2.24) is 4.90 Å². The Morgan fingerprint density at radius 2 is 1.80 bits per heavy atom. The van der Waals surface area contributed by atoms with Crippen LogP contribution in [0.4, 0.5) is 4.39 Å². The number of sulfone groups is 1. The number of hydrogen-bond acceptors (Lipinski definition) is 3. The van der Waals surface area contributed by atoms with Crippen LogP contribution in [0.3, 0.4) is 0 Å². The molecule has 1 heterocycles. The number of carbonyl (C=O) groups is 1. The molecule has 1 unspecified atom stereocenters. The molecule has 0 aliphatic carbocycles. The second kappa shape index (κ2) is 8.72. The smallest absolute Gasteiger partial charge is 0.247 e. The summed E-state index contributed by atoms with van der Waals surface area (Å²) >= 11 is 0. The molecule has 30 heavy (non-hydrogen) atoms. The molecule has 6 heteroatoms. The van der Waals surface area contributed by atoms with Crippen molar-refractivity contribution in [2.24, 2.45) is 0 Å². The molecule has 1 fully saturated rings. The van der Waals surface area contributed by atoms with E-state index in [1.165, 1.54) is 22.6 Å². The molecule has 4 nitrogen and oxygen atoms in total. The molecule has 2 aromatic carbocycles. The molecular weight excluding hydrogens is 401 g/mol. The van der Waals surface area contributed by atoms with Crippen LogP contribution in [-0.2, 0) is 26.6 Å². The molecular formula is C24H28FNO3S. The minimum absolute atomic E-state index is 0.0407. The normalized spacial score (nSPS) is 18.6. The summed E-state index contributed by atoms with van der Waals surface area (Å²) in [5.41, 5.74) is 2.49. The molecule has 0 saturated carbocycles. The minimum atomic E-state index is -3.17. The summed E-state index contributed by atoms with van der Waals surface area (Å²) in [7, 11) is -3.17. The Morgan fingerprint density at radius 1 is 1.13 bits per heavy atom. The second-order valence-corrected chi connectivity index (χ2v) is 11.0. The average Bonchev–Trinajstić information content (AvgIpc) is 3.04. The average molecular weight is 430 g/mol. The summed E-state index contributed by atoms with van der Waals surface area (Å²) in [4.78, 5) is 14.5. The van der Waals surface area contributed by atoms with Crippen LogP contribution in [0.15, 0.2) is 54.6 Å². The third-order valence-electron chi connectivity index (χ3n) is 5.43. The van der Waals surface area contributed by atoms with Crippen molar-refractivity contribution in [3.63, 3.8) is 0 Å². The van der Waals surface area contributed by atoms with Gasteiger partial charge in [0, 0.05) is 24.2 Å². The number of hydrogen-bond donors (Lipinski definition) is 0. The maximum Gasteiger partial charge on any atom is 0.247 e. The summed E-state index contributed by atoms with van der Waals surface area (Å²) in [6.45, 7) is 6.45. The Morgan fingerprint density at radius 3 is 2.37 bits per heavy atom. The summed E-state index contributed by atoms with van der Waals surface area (Å²) in [6.07, 6.45) is 3.53. The Hall–Kier alpha value is -2.47. The van der Waals surface area contributed by atoms with E-state index in [2.05, 4.69) is 20.8 Å². The molecule has 0 bridgehead atoms. The Labute approximate surface area is 178 Å². The maximum absolute atomic E-state index is 14.2. The lowest BCUT2D eigenvalue weighted by Gasteiger charge is -2.27. The highest BCUT2D eigenvalue weighted by molar-refractivity contribution is 7.91. The van der Waals surface area contributed by atoms with Gasteiger partial charge in [-0.1, -0.05) is 63.2 Å². The van der Waals surface area contributed by atoms with E-state index in [0.29, 0.717) is 12.0 Å². The third kappa shape index (κ3) is 5.57. The van der Waals surface area contributed by atoms with E-state index in [1.807, 2.05) is 24.3 Å². The van der Waals surface area contributed by atoms with E-state index >= 15 is 0 Å². The molecule has 3 rings (SSSR count). The van der Waals surface area contributed by atoms with Crippen LogP contribution in [0, 0.1) is 5.82 Å². The zero-order valence-corrected chi connectivity index (χ0v) is 18.5. The fourth-order valence-corrected chi connectivity index (χ4v) is 5.31. The first-order valence-electron chi connectivity index (χ1n) is 10.1. The quantitative estimate of drug-likeness (QED) is 0.664. The summed E-state index contributed by atoms with van der Waals surface area (Å²) < 4.78 is 38.1. The molecule has 1 aliphatic heterocycles. The highest BCUT2D eigenvalue weighted by Crippen LogP contribution is 2.24. The predicted octanol–water partition coefficient (Wildman–Crippen LogP) is 4.35. The van der Waals surface area contributed by atoms with Crippen molar-refractivity contribution >= 4 is 21.8 Å². The topological polar surface area (TPSA) is 54.5 Å². The number of halogens is 1. The van der Waals surface area contributed by atoms with Gasteiger partial charge in [-0.25, -0.2) is 12.8 Å². The first-order valence-corrected chi connectivity index (χ1v) is 11.9. The van der Waals surface area contributed by atoms with E-state index < -0.39 is 21.7 Å². The van der Waals surface area contributed by atoms with Crippen molar-refractivity contribution in [1.29, 1.82) is 0 Å². The van der Waals surface area contributed by atoms with Gasteiger partial charge in [-0.05, 0) is 35.1 Å². The molecule has 0 aromatic heterocycles. The summed E-state index contributed by atoms with van der Waals surface area (Å²) in [6, 6.07) is 13.8. The standard InChI is InChI=1S/C24H28FNO3S/c1-24(2,3)20-11-8-18(9-12-20)10-13-23(27)26(21-14-15-30(28,29)17-21)16-19-6-4-5-7-22(19)25/h4-13,21H,14-17H2,1-3H3. The highest BCUT2D eigenvalue weighted by atomic mass is 32.2. The molecule has 1 saturated heterocycles. The number of carbonyl (C=O) groups excluding carboxylic acids is 1. The zero-order chi connectivity index (χ0) is 21.9. The summed E-state index contributed by atoms with van der Waals surface area (Å²) in [5.74, 6) is -0.754. The van der Waals surface area contributed by atoms with Gasteiger partial charge in [-0.2, -0.15) is 0 Å². The third-order valence-corrected chi connectivity index (χ3v) is 7.18. The number of benzene rings is 2. The van der Waals surface area contributed by atoms with E-state index in [1.54, 1.807) is 24.3 Å². The maximum atomic E-state index is 14.2. The van der Waals surface area contributed by atoms with Gasteiger partial charge in [-0.3, -0.25) is 4.79 Å². The molecule has 2 aromatic rings. The number of nitrogens with zero attached hydrogens (tertiary/aromatic N) is 1. The fourth-order valence-electron chi connectivity index (χ4n) is 3.58. The van der Waals surface area contributed by atoms with E-state index in [4.69, 9.17) is 0 Å². The van der Waals surface area contributed by atoms with E-state index in [9.17, 15) is 17.6 Å². The lowest BCUT2D eigenvalue weighted by molar-refractivity contribution is -0.128.